The smallest absolute Gasteiger partial charge is 0.216 e. The monoisotopic (exact) mass is 147 g/mol. The summed E-state index contributed by atoms with van der Waals surface area (Å²) >= 11 is 0. The molecule has 0 aromatic rings. The molecule has 0 spiro atoms. The molecule has 4 heteroatoms. The van der Waals surface area contributed by atoms with Crippen LogP contribution in [-0.4, -0.2) is 37.4 Å². The standard InChI is InChI=1S/C6H13NO3/c1-6(9)7-2-4-10-5-3-8/h8H,2-5H2,1H3,(H,7,9). The number of ether oxygens (including phenoxy) is 1. The molecule has 0 radical (unpaired) electrons. The van der Waals surface area contributed by atoms with Crippen molar-refractivity contribution in [2.45, 2.75) is 6.92 Å². The van der Waals surface area contributed by atoms with Crippen LogP contribution in [-0.2, 0) is 9.53 Å². The van der Waals surface area contributed by atoms with Gasteiger partial charge in [-0.1, -0.05) is 0 Å². The van der Waals surface area contributed by atoms with Crippen molar-refractivity contribution in [3.63, 3.8) is 0 Å². The van der Waals surface area contributed by atoms with Gasteiger partial charge in [-0.15, -0.1) is 0 Å². The van der Waals surface area contributed by atoms with Crippen molar-refractivity contribution in [1.29, 1.82) is 0 Å². The highest BCUT2D eigenvalue weighted by atomic mass is 16.5. The molecule has 0 fully saturated rings. The zero-order chi connectivity index (χ0) is 7.82. The minimum Gasteiger partial charge on any atom is -0.394 e. The van der Waals surface area contributed by atoms with E-state index in [-0.39, 0.29) is 12.5 Å². The van der Waals surface area contributed by atoms with Gasteiger partial charge in [-0.05, 0) is 0 Å². The fourth-order valence-corrected chi connectivity index (χ4v) is 0.466. The van der Waals surface area contributed by atoms with Gasteiger partial charge in [0.2, 0.25) is 5.91 Å². The average Bonchev–Trinajstić information content (AvgIpc) is 1.87. The highest BCUT2D eigenvalue weighted by molar-refractivity contribution is 5.72. The lowest BCUT2D eigenvalue weighted by Crippen LogP contribution is -2.24. The van der Waals surface area contributed by atoms with Crippen LogP contribution in [0.5, 0.6) is 0 Å². The lowest BCUT2D eigenvalue weighted by Gasteiger charge is -2.01. The van der Waals surface area contributed by atoms with Crippen LogP contribution < -0.4 is 5.32 Å². The van der Waals surface area contributed by atoms with Gasteiger partial charge in [-0.3, -0.25) is 4.79 Å². The van der Waals surface area contributed by atoms with Crippen LogP contribution in [0, 0.1) is 0 Å². The molecule has 0 saturated carbocycles. The van der Waals surface area contributed by atoms with Gasteiger partial charge in [0.25, 0.3) is 0 Å². The summed E-state index contributed by atoms with van der Waals surface area (Å²) < 4.78 is 4.87. The normalized spacial score (nSPS) is 9.40. The van der Waals surface area contributed by atoms with E-state index in [4.69, 9.17) is 9.84 Å². The van der Waals surface area contributed by atoms with Gasteiger partial charge in [0.05, 0.1) is 19.8 Å². The Morgan fingerprint density at radius 3 is 2.80 bits per heavy atom. The van der Waals surface area contributed by atoms with E-state index in [1.165, 1.54) is 6.92 Å². The third kappa shape index (κ3) is 7.39. The minimum absolute atomic E-state index is 0.0278. The molecule has 0 rings (SSSR count). The summed E-state index contributed by atoms with van der Waals surface area (Å²) in [6.07, 6.45) is 0. The van der Waals surface area contributed by atoms with Crippen molar-refractivity contribution < 1.29 is 14.6 Å². The van der Waals surface area contributed by atoms with Crippen LogP contribution in [0.1, 0.15) is 6.92 Å². The Bertz CT molecular complexity index is 95.0. The van der Waals surface area contributed by atoms with E-state index in [1.807, 2.05) is 0 Å². The molecule has 0 aliphatic carbocycles. The zero-order valence-electron chi connectivity index (χ0n) is 6.09. The highest BCUT2D eigenvalue weighted by Crippen LogP contribution is 1.70. The van der Waals surface area contributed by atoms with Crippen molar-refractivity contribution in [2.75, 3.05) is 26.4 Å². The number of hydrogen-bond donors (Lipinski definition) is 2. The fourth-order valence-electron chi connectivity index (χ4n) is 0.466. The molecular weight excluding hydrogens is 134 g/mol. The van der Waals surface area contributed by atoms with Gasteiger partial charge in [-0.2, -0.15) is 0 Å². The molecule has 1 amide bonds. The number of hydrogen-bond acceptors (Lipinski definition) is 3. The van der Waals surface area contributed by atoms with Crippen molar-refractivity contribution >= 4 is 5.91 Å². The topological polar surface area (TPSA) is 58.6 Å². The number of carbonyl (C=O) groups is 1. The average molecular weight is 147 g/mol. The quantitative estimate of drug-likeness (QED) is 0.497. The van der Waals surface area contributed by atoms with Gasteiger partial charge >= 0.3 is 0 Å². The molecular formula is C6H13NO3. The second-order valence-electron chi connectivity index (χ2n) is 1.82. The van der Waals surface area contributed by atoms with Gasteiger partial charge < -0.3 is 15.2 Å². The molecule has 0 heterocycles. The van der Waals surface area contributed by atoms with Crippen LogP contribution in [0.25, 0.3) is 0 Å². The molecule has 0 aliphatic rings. The van der Waals surface area contributed by atoms with Crippen LogP contribution >= 0.6 is 0 Å². The second-order valence-corrected chi connectivity index (χ2v) is 1.82. The fraction of sp³-hybridized carbons (Fsp3) is 0.833. The lowest BCUT2D eigenvalue weighted by molar-refractivity contribution is -0.119. The SMILES string of the molecule is CC(=O)NCCOCCO. The van der Waals surface area contributed by atoms with Gasteiger partial charge in [0, 0.05) is 13.5 Å². The Labute approximate surface area is 60.2 Å². The van der Waals surface area contributed by atoms with Crippen molar-refractivity contribution in [2.24, 2.45) is 0 Å². The first-order chi connectivity index (χ1) is 4.77. The Balaban J connectivity index is 2.84. The molecule has 0 atom stereocenters. The van der Waals surface area contributed by atoms with E-state index in [9.17, 15) is 4.79 Å². The van der Waals surface area contributed by atoms with E-state index in [0.29, 0.717) is 19.8 Å². The predicted octanol–water partition coefficient (Wildman–Crippen LogP) is -0.869. The summed E-state index contributed by atoms with van der Waals surface area (Å²) in [6.45, 7) is 2.78. The maximum absolute atomic E-state index is 10.3. The number of aliphatic hydroxyl groups excluding tert-OH is 1. The Morgan fingerprint density at radius 2 is 2.30 bits per heavy atom. The van der Waals surface area contributed by atoms with Crippen molar-refractivity contribution in [3.8, 4) is 0 Å². The minimum atomic E-state index is -0.0624. The third-order valence-electron chi connectivity index (χ3n) is 0.856. The molecule has 10 heavy (non-hydrogen) atoms. The van der Waals surface area contributed by atoms with E-state index in [0.717, 1.165) is 0 Å². The molecule has 0 aliphatic heterocycles. The Hall–Kier alpha value is -0.610. The summed E-state index contributed by atoms with van der Waals surface area (Å²) in [5.41, 5.74) is 0. The van der Waals surface area contributed by atoms with Crippen LogP contribution in [0.3, 0.4) is 0 Å². The van der Waals surface area contributed by atoms with Crippen molar-refractivity contribution in [3.05, 3.63) is 0 Å². The van der Waals surface area contributed by atoms with Gasteiger partial charge in [0.15, 0.2) is 0 Å². The van der Waals surface area contributed by atoms with E-state index in [2.05, 4.69) is 5.32 Å². The number of aliphatic hydroxyl groups is 1. The number of carbonyl (C=O) groups excluding carboxylic acids is 1. The first kappa shape index (κ1) is 9.39. The summed E-state index contributed by atoms with van der Waals surface area (Å²) in [5.74, 6) is -0.0624. The van der Waals surface area contributed by atoms with Crippen LogP contribution in [0.4, 0.5) is 0 Å². The lowest BCUT2D eigenvalue weighted by atomic mass is 10.6. The molecule has 0 saturated heterocycles. The molecule has 0 bridgehead atoms. The third-order valence-corrected chi connectivity index (χ3v) is 0.856. The first-order valence-corrected chi connectivity index (χ1v) is 3.20. The number of amides is 1. The van der Waals surface area contributed by atoms with Crippen LogP contribution in [0.15, 0.2) is 0 Å². The van der Waals surface area contributed by atoms with Gasteiger partial charge in [-0.25, -0.2) is 0 Å². The van der Waals surface area contributed by atoms with E-state index in [1.54, 1.807) is 0 Å². The Kier molecular flexibility index (Phi) is 6.11. The predicted molar refractivity (Wildman–Crippen MR) is 36.6 cm³/mol. The molecule has 0 aromatic heterocycles. The largest absolute Gasteiger partial charge is 0.394 e. The Morgan fingerprint density at radius 1 is 1.60 bits per heavy atom. The number of nitrogens with one attached hydrogen (secondary N) is 1. The molecule has 60 valence electrons. The molecule has 4 nitrogen and oxygen atoms in total. The zero-order valence-corrected chi connectivity index (χ0v) is 6.09. The summed E-state index contributed by atoms with van der Waals surface area (Å²) in [6, 6.07) is 0. The molecule has 0 aromatic carbocycles. The number of rotatable bonds is 5. The maximum atomic E-state index is 10.3. The van der Waals surface area contributed by atoms with Crippen LogP contribution in [0.2, 0.25) is 0 Å². The van der Waals surface area contributed by atoms with Gasteiger partial charge in [0.1, 0.15) is 0 Å². The molecule has 2 N–H and O–H groups in total. The summed E-state index contributed by atoms with van der Waals surface area (Å²) in [7, 11) is 0. The van der Waals surface area contributed by atoms with Crippen molar-refractivity contribution in [1.82, 2.24) is 5.32 Å². The van der Waals surface area contributed by atoms with E-state index < -0.39 is 0 Å². The summed E-state index contributed by atoms with van der Waals surface area (Å²) in [4.78, 5) is 10.3. The second kappa shape index (κ2) is 6.51. The first-order valence-electron chi connectivity index (χ1n) is 3.20. The summed E-state index contributed by atoms with van der Waals surface area (Å²) in [5, 5.41) is 10.8. The van der Waals surface area contributed by atoms with E-state index >= 15 is 0 Å². The molecule has 0 unspecified atom stereocenters. The highest BCUT2D eigenvalue weighted by Gasteiger charge is 1.88. The maximum Gasteiger partial charge on any atom is 0.216 e.